The number of imidazole rings is 1. The maximum Gasteiger partial charge on any atom is 0.254 e. The third-order valence-electron chi connectivity index (χ3n) is 5.03. The second-order valence-corrected chi connectivity index (χ2v) is 6.96. The van der Waals surface area contributed by atoms with Gasteiger partial charge in [-0.25, -0.2) is 15.0 Å². The summed E-state index contributed by atoms with van der Waals surface area (Å²) in [7, 11) is 1.95. The molecule has 1 saturated heterocycles. The van der Waals surface area contributed by atoms with E-state index in [1.54, 1.807) is 6.20 Å². The standard InChI is InChI=1S/C21H23N5O/c1-15-23-17(14-18(24-15)20-22-11-13-25(20)2)19-10-6-7-12-26(19)21(27)16-8-4-3-5-9-16/h3-5,8-9,11,13-14,19H,6-7,10,12H2,1-2H3. The summed E-state index contributed by atoms with van der Waals surface area (Å²) in [5.41, 5.74) is 2.41. The third kappa shape index (κ3) is 3.47. The van der Waals surface area contributed by atoms with Crippen molar-refractivity contribution >= 4 is 5.91 Å². The Hall–Kier alpha value is -3.02. The summed E-state index contributed by atoms with van der Waals surface area (Å²) in [6, 6.07) is 11.4. The Kier molecular flexibility index (Phi) is 4.71. The first-order chi connectivity index (χ1) is 13.1. The fourth-order valence-corrected chi connectivity index (χ4v) is 3.72. The van der Waals surface area contributed by atoms with Crippen LogP contribution in [0.25, 0.3) is 11.5 Å². The second-order valence-electron chi connectivity index (χ2n) is 6.96. The van der Waals surface area contributed by atoms with Gasteiger partial charge in [0, 0.05) is 31.5 Å². The number of carbonyl (C=O) groups excluding carboxylic acids is 1. The van der Waals surface area contributed by atoms with Crippen LogP contribution in [0.4, 0.5) is 0 Å². The molecule has 0 bridgehead atoms. The Morgan fingerprint density at radius 1 is 1.15 bits per heavy atom. The molecule has 138 valence electrons. The molecule has 0 saturated carbocycles. The summed E-state index contributed by atoms with van der Waals surface area (Å²) in [6.45, 7) is 2.64. The lowest BCUT2D eigenvalue weighted by Gasteiger charge is -2.35. The van der Waals surface area contributed by atoms with Crippen molar-refractivity contribution in [3.63, 3.8) is 0 Å². The summed E-state index contributed by atoms with van der Waals surface area (Å²) in [4.78, 5) is 28.7. The molecule has 3 heterocycles. The zero-order valence-corrected chi connectivity index (χ0v) is 15.7. The lowest BCUT2D eigenvalue weighted by Crippen LogP contribution is -2.39. The molecule has 1 atom stereocenters. The molecule has 27 heavy (non-hydrogen) atoms. The molecule has 1 fully saturated rings. The molecule has 0 radical (unpaired) electrons. The first-order valence-corrected chi connectivity index (χ1v) is 9.33. The number of aromatic nitrogens is 4. The largest absolute Gasteiger partial charge is 0.333 e. The van der Waals surface area contributed by atoms with Crippen molar-refractivity contribution in [3.05, 3.63) is 65.9 Å². The van der Waals surface area contributed by atoms with E-state index in [1.165, 1.54) is 0 Å². The molecule has 2 aromatic heterocycles. The van der Waals surface area contributed by atoms with Crippen LogP contribution in [0, 0.1) is 6.92 Å². The third-order valence-corrected chi connectivity index (χ3v) is 5.03. The van der Waals surface area contributed by atoms with Crippen molar-refractivity contribution in [2.45, 2.75) is 32.2 Å². The summed E-state index contributed by atoms with van der Waals surface area (Å²) >= 11 is 0. The van der Waals surface area contributed by atoms with Crippen LogP contribution in [0.1, 0.15) is 47.2 Å². The first kappa shape index (κ1) is 17.4. The monoisotopic (exact) mass is 361 g/mol. The molecule has 6 heteroatoms. The molecule has 4 rings (SSSR count). The minimum Gasteiger partial charge on any atom is -0.333 e. The number of aryl methyl sites for hydroxylation is 2. The van der Waals surface area contributed by atoms with E-state index >= 15 is 0 Å². The lowest BCUT2D eigenvalue weighted by atomic mass is 9.97. The summed E-state index contributed by atoms with van der Waals surface area (Å²) in [5.74, 6) is 1.57. The highest BCUT2D eigenvalue weighted by atomic mass is 16.2. The number of amides is 1. The van der Waals surface area contributed by atoms with Crippen molar-refractivity contribution < 1.29 is 4.79 Å². The van der Waals surface area contributed by atoms with Crippen molar-refractivity contribution in [2.24, 2.45) is 7.05 Å². The van der Waals surface area contributed by atoms with Crippen LogP contribution < -0.4 is 0 Å². The molecule has 6 nitrogen and oxygen atoms in total. The Morgan fingerprint density at radius 3 is 2.70 bits per heavy atom. The van der Waals surface area contributed by atoms with Gasteiger partial charge in [-0.1, -0.05) is 18.2 Å². The average molecular weight is 361 g/mol. The van der Waals surface area contributed by atoms with E-state index in [0.717, 1.165) is 48.6 Å². The number of benzene rings is 1. The minimum absolute atomic E-state index is 0.0350. The molecule has 3 aromatic rings. The predicted molar refractivity (Wildman–Crippen MR) is 103 cm³/mol. The Morgan fingerprint density at radius 2 is 1.96 bits per heavy atom. The van der Waals surface area contributed by atoms with Crippen LogP contribution in [-0.4, -0.2) is 36.9 Å². The molecule has 0 spiro atoms. The van der Waals surface area contributed by atoms with E-state index in [2.05, 4.69) is 15.0 Å². The summed E-state index contributed by atoms with van der Waals surface area (Å²) in [5, 5.41) is 0. The van der Waals surface area contributed by atoms with Gasteiger partial charge in [0.25, 0.3) is 5.91 Å². The van der Waals surface area contributed by atoms with E-state index in [9.17, 15) is 4.79 Å². The number of rotatable bonds is 3. The van der Waals surface area contributed by atoms with Gasteiger partial charge in [-0.15, -0.1) is 0 Å². The highest BCUT2D eigenvalue weighted by Crippen LogP contribution is 2.32. The van der Waals surface area contributed by atoms with Crippen molar-refractivity contribution in [1.82, 2.24) is 24.4 Å². The zero-order chi connectivity index (χ0) is 18.8. The maximum absolute atomic E-state index is 13.1. The highest BCUT2D eigenvalue weighted by molar-refractivity contribution is 5.94. The SMILES string of the molecule is Cc1nc(-c2nccn2C)cc(C2CCCCN2C(=O)c2ccccc2)n1. The van der Waals surface area contributed by atoms with Gasteiger partial charge in [0.2, 0.25) is 0 Å². The van der Waals surface area contributed by atoms with E-state index < -0.39 is 0 Å². The van der Waals surface area contributed by atoms with Gasteiger partial charge in [0.15, 0.2) is 5.82 Å². The summed E-state index contributed by atoms with van der Waals surface area (Å²) < 4.78 is 1.94. The normalized spacial score (nSPS) is 17.1. The molecule has 1 amide bonds. The Labute approximate surface area is 158 Å². The van der Waals surface area contributed by atoms with E-state index in [1.807, 2.05) is 66.0 Å². The number of likely N-dealkylation sites (tertiary alicyclic amines) is 1. The molecule has 1 aromatic carbocycles. The molecule has 0 N–H and O–H groups in total. The van der Waals surface area contributed by atoms with Crippen molar-refractivity contribution in [2.75, 3.05) is 6.54 Å². The van der Waals surface area contributed by atoms with Crippen molar-refractivity contribution in [1.29, 1.82) is 0 Å². The van der Waals surface area contributed by atoms with Gasteiger partial charge in [0.1, 0.15) is 11.5 Å². The van der Waals surface area contributed by atoms with Gasteiger partial charge in [-0.05, 0) is 44.4 Å². The van der Waals surface area contributed by atoms with Crippen LogP contribution >= 0.6 is 0 Å². The second kappa shape index (κ2) is 7.31. The smallest absolute Gasteiger partial charge is 0.254 e. The number of carbonyl (C=O) groups is 1. The van der Waals surface area contributed by atoms with E-state index in [0.29, 0.717) is 5.82 Å². The van der Waals surface area contributed by atoms with E-state index in [4.69, 9.17) is 0 Å². The number of nitrogens with zero attached hydrogens (tertiary/aromatic N) is 5. The fourth-order valence-electron chi connectivity index (χ4n) is 3.72. The maximum atomic E-state index is 13.1. The van der Waals surface area contributed by atoms with Gasteiger partial charge in [0.05, 0.1) is 11.7 Å². The van der Waals surface area contributed by atoms with Gasteiger partial charge in [-0.3, -0.25) is 4.79 Å². The van der Waals surface area contributed by atoms with Crippen LogP contribution in [0.5, 0.6) is 0 Å². The summed E-state index contributed by atoms with van der Waals surface area (Å²) in [6.07, 6.45) is 6.68. The zero-order valence-electron chi connectivity index (χ0n) is 15.7. The Bertz CT molecular complexity index is 950. The van der Waals surface area contributed by atoms with Crippen LogP contribution in [0.15, 0.2) is 48.8 Å². The fraction of sp³-hybridized carbons (Fsp3) is 0.333. The molecular formula is C21H23N5O. The Balaban J connectivity index is 1.71. The molecule has 1 unspecified atom stereocenters. The highest BCUT2D eigenvalue weighted by Gasteiger charge is 2.30. The lowest BCUT2D eigenvalue weighted by molar-refractivity contribution is 0.0605. The van der Waals surface area contributed by atoms with Gasteiger partial charge >= 0.3 is 0 Å². The topological polar surface area (TPSA) is 63.9 Å². The quantitative estimate of drug-likeness (QED) is 0.716. The number of hydrogen-bond donors (Lipinski definition) is 0. The van der Waals surface area contributed by atoms with Gasteiger partial charge in [-0.2, -0.15) is 0 Å². The average Bonchev–Trinajstić information content (AvgIpc) is 3.13. The van der Waals surface area contributed by atoms with Gasteiger partial charge < -0.3 is 9.47 Å². The first-order valence-electron chi connectivity index (χ1n) is 9.33. The molecular weight excluding hydrogens is 338 g/mol. The molecule has 1 aliphatic heterocycles. The predicted octanol–water partition coefficient (Wildman–Crippen LogP) is 3.55. The van der Waals surface area contributed by atoms with Crippen LogP contribution in [-0.2, 0) is 7.05 Å². The molecule has 1 aliphatic rings. The van der Waals surface area contributed by atoms with Crippen molar-refractivity contribution in [3.8, 4) is 11.5 Å². The van der Waals surface area contributed by atoms with Crippen LogP contribution in [0.3, 0.4) is 0 Å². The van der Waals surface area contributed by atoms with E-state index in [-0.39, 0.29) is 11.9 Å². The van der Waals surface area contributed by atoms with Crippen LogP contribution in [0.2, 0.25) is 0 Å². The number of piperidine rings is 1. The number of hydrogen-bond acceptors (Lipinski definition) is 4. The molecule has 0 aliphatic carbocycles. The minimum atomic E-state index is -0.0350.